The minimum absolute atomic E-state index is 0.0789. The maximum absolute atomic E-state index is 12.3. The van der Waals surface area contributed by atoms with Crippen molar-refractivity contribution in [2.45, 2.75) is 50.3 Å². The van der Waals surface area contributed by atoms with Crippen LogP contribution in [-0.2, 0) is 9.59 Å². The molecule has 1 heterocycles. The van der Waals surface area contributed by atoms with E-state index in [4.69, 9.17) is 0 Å². The number of carbonyl (C=O) groups excluding carboxylic acids is 2. The number of nitrogens with one attached hydrogen (secondary N) is 1. The predicted molar refractivity (Wildman–Crippen MR) is 78.1 cm³/mol. The van der Waals surface area contributed by atoms with Gasteiger partial charge in [-0.05, 0) is 26.0 Å². The highest BCUT2D eigenvalue weighted by Crippen LogP contribution is 2.28. The predicted octanol–water partition coefficient (Wildman–Crippen LogP) is 1.65. The molecule has 0 bridgehead atoms. The summed E-state index contributed by atoms with van der Waals surface area (Å²) >= 11 is 1.85. The highest BCUT2D eigenvalue weighted by Gasteiger charge is 2.35. The zero-order valence-corrected chi connectivity index (χ0v) is 12.7. The van der Waals surface area contributed by atoms with E-state index in [1.807, 2.05) is 18.7 Å². The van der Waals surface area contributed by atoms with Crippen LogP contribution in [0.5, 0.6) is 0 Å². The van der Waals surface area contributed by atoms with Gasteiger partial charge in [0.25, 0.3) is 0 Å². The summed E-state index contributed by atoms with van der Waals surface area (Å²) in [5.41, 5.74) is 0. The van der Waals surface area contributed by atoms with Crippen molar-refractivity contribution < 1.29 is 9.59 Å². The molecule has 0 aromatic rings. The van der Waals surface area contributed by atoms with Crippen molar-refractivity contribution in [3.8, 4) is 0 Å². The van der Waals surface area contributed by atoms with Gasteiger partial charge in [0, 0.05) is 30.8 Å². The Morgan fingerprint density at radius 2 is 2.16 bits per heavy atom. The lowest BCUT2D eigenvalue weighted by Gasteiger charge is -2.31. The molecule has 1 saturated heterocycles. The Labute approximate surface area is 119 Å². The third-order valence-electron chi connectivity index (χ3n) is 4.30. The molecule has 0 spiro atoms. The maximum atomic E-state index is 12.3. The Balaban J connectivity index is 1.88. The van der Waals surface area contributed by atoms with E-state index in [0.717, 1.165) is 6.42 Å². The van der Waals surface area contributed by atoms with Gasteiger partial charge in [-0.25, -0.2) is 0 Å². The minimum Gasteiger partial charge on any atom is -0.352 e. The van der Waals surface area contributed by atoms with Crippen LogP contribution >= 0.6 is 11.8 Å². The molecule has 1 saturated carbocycles. The molecule has 4 nitrogen and oxygen atoms in total. The first-order chi connectivity index (χ1) is 9.15. The Morgan fingerprint density at radius 1 is 1.42 bits per heavy atom. The van der Waals surface area contributed by atoms with Crippen molar-refractivity contribution in [2.75, 3.05) is 19.3 Å². The second-order valence-electron chi connectivity index (χ2n) is 5.51. The van der Waals surface area contributed by atoms with Crippen LogP contribution in [0, 0.1) is 5.92 Å². The van der Waals surface area contributed by atoms with Gasteiger partial charge in [0.2, 0.25) is 11.8 Å². The van der Waals surface area contributed by atoms with Crippen LogP contribution in [0.15, 0.2) is 0 Å². The fraction of sp³-hybridized carbons (Fsp3) is 0.857. The molecule has 2 aliphatic rings. The summed E-state index contributed by atoms with van der Waals surface area (Å²) in [5.74, 6) is 0.0554. The summed E-state index contributed by atoms with van der Waals surface area (Å²) in [6.07, 6.45) is 7.24. The lowest BCUT2D eigenvalue weighted by atomic mass is 9.94. The fourth-order valence-electron chi connectivity index (χ4n) is 3.10. The van der Waals surface area contributed by atoms with Gasteiger partial charge in [0.1, 0.15) is 0 Å². The molecule has 1 N–H and O–H groups in total. The van der Waals surface area contributed by atoms with Gasteiger partial charge in [-0.3, -0.25) is 9.59 Å². The third kappa shape index (κ3) is 3.44. The van der Waals surface area contributed by atoms with E-state index in [0.29, 0.717) is 30.8 Å². The van der Waals surface area contributed by atoms with Crippen LogP contribution in [0.3, 0.4) is 0 Å². The number of nitrogens with zero attached hydrogens (tertiary/aromatic N) is 1. The summed E-state index contributed by atoms with van der Waals surface area (Å²) in [4.78, 5) is 25.7. The number of carbonyl (C=O) groups is 2. The molecule has 2 rings (SSSR count). The topological polar surface area (TPSA) is 49.4 Å². The number of hydrogen-bond acceptors (Lipinski definition) is 3. The summed E-state index contributed by atoms with van der Waals surface area (Å²) < 4.78 is 0. The number of amides is 2. The standard InChI is InChI=1S/C14H24N2O2S/c1-3-16-9-10(8-13(16)17)14(18)15-11-6-4-5-7-12(11)19-2/h10-12H,3-9H2,1-2H3,(H,15,18)/t10-,11+,12-/m0/s1. The fourth-order valence-corrected chi connectivity index (χ4v) is 4.03. The van der Waals surface area contributed by atoms with Crippen LogP contribution < -0.4 is 5.32 Å². The number of thioether (sulfide) groups is 1. The second kappa shape index (κ2) is 6.64. The van der Waals surface area contributed by atoms with E-state index in [9.17, 15) is 9.59 Å². The molecular weight excluding hydrogens is 260 g/mol. The van der Waals surface area contributed by atoms with E-state index in [2.05, 4.69) is 11.6 Å². The number of rotatable bonds is 4. The first-order valence-electron chi connectivity index (χ1n) is 7.26. The molecule has 1 aliphatic carbocycles. The molecule has 0 radical (unpaired) electrons. The minimum atomic E-state index is -0.142. The van der Waals surface area contributed by atoms with Gasteiger partial charge in [-0.2, -0.15) is 11.8 Å². The van der Waals surface area contributed by atoms with Crippen molar-refractivity contribution in [1.82, 2.24) is 10.2 Å². The Morgan fingerprint density at radius 3 is 2.79 bits per heavy atom. The van der Waals surface area contributed by atoms with Crippen molar-refractivity contribution in [3.05, 3.63) is 0 Å². The van der Waals surface area contributed by atoms with Crippen molar-refractivity contribution in [1.29, 1.82) is 0 Å². The molecule has 19 heavy (non-hydrogen) atoms. The zero-order valence-electron chi connectivity index (χ0n) is 11.9. The number of likely N-dealkylation sites (tertiary alicyclic amines) is 1. The van der Waals surface area contributed by atoms with Crippen LogP contribution in [0.1, 0.15) is 39.0 Å². The van der Waals surface area contributed by atoms with Crippen LogP contribution in [0.2, 0.25) is 0 Å². The van der Waals surface area contributed by atoms with Gasteiger partial charge in [0.05, 0.1) is 5.92 Å². The van der Waals surface area contributed by atoms with E-state index in [1.165, 1.54) is 19.3 Å². The van der Waals surface area contributed by atoms with Gasteiger partial charge in [0.15, 0.2) is 0 Å². The largest absolute Gasteiger partial charge is 0.352 e. The van der Waals surface area contributed by atoms with E-state index < -0.39 is 0 Å². The van der Waals surface area contributed by atoms with Crippen molar-refractivity contribution in [2.24, 2.45) is 5.92 Å². The Kier molecular flexibility index (Phi) is 5.13. The van der Waals surface area contributed by atoms with Crippen LogP contribution in [-0.4, -0.2) is 47.4 Å². The quantitative estimate of drug-likeness (QED) is 0.854. The van der Waals surface area contributed by atoms with E-state index >= 15 is 0 Å². The highest BCUT2D eigenvalue weighted by atomic mass is 32.2. The maximum Gasteiger partial charge on any atom is 0.225 e. The summed E-state index contributed by atoms with van der Waals surface area (Å²) in [7, 11) is 0. The second-order valence-corrected chi connectivity index (χ2v) is 6.58. The molecular formula is C14H24N2O2S. The molecule has 2 amide bonds. The molecule has 5 heteroatoms. The Hall–Kier alpha value is -0.710. The average molecular weight is 284 g/mol. The first kappa shape index (κ1) is 14.7. The van der Waals surface area contributed by atoms with E-state index in [-0.39, 0.29) is 17.7 Å². The summed E-state index contributed by atoms with van der Waals surface area (Å²) in [6.45, 7) is 3.26. The average Bonchev–Trinajstić information content (AvgIpc) is 2.80. The first-order valence-corrected chi connectivity index (χ1v) is 8.55. The third-order valence-corrected chi connectivity index (χ3v) is 5.47. The van der Waals surface area contributed by atoms with Gasteiger partial charge in [-0.15, -0.1) is 0 Å². The zero-order chi connectivity index (χ0) is 13.8. The highest BCUT2D eigenvalue weighted by molar-refractivity contribution is 7.99. The van der Waals surface area contributed by atoms with Gasteiger partial charge < -0.3 is 10.2 Å². The van der Waals surface area contributed by atoms with Gasteiger partial charge >= 0.3 is 0 Å². The molecule has 0 unspecified atom stereocenters. The van der Waals surface area contributed by atoms with Crippen molar-refractivity contribution in [3.63, 3.8) is 0 Å². The molecule has 0 aromatic heterocycles. The lowest BCUT2D eigenvalue weighted by molar-refractivity contribution is -0.129. The molecule has 108 valence electrons. The van der Waals surface area contributed by atoms with Gasteiger partial charge in [-0.1, -0.05) is 12.8 Å². The molecule has 2 fully saturated rings. The Bertz CT molecular complexity index is 348. The number of hydrogen-bond donors (Lipinski definition) is 1. The lowest BCUT2D eigenvalue weighted by Crippen LogP contribution is -2.46. The van der Waals surface area contributed by atoms with Crippen LogP contribution in [0.25, 0.3) is 0 Å². The van der Waals surface area contributed by atoms with Crippen LogP contribution in [0.4, 0.5) is 0 Å². The SMILES string of the molecule is CCN1C[C@@H](C(=O)N[C@@H]2CCCC[C@@H]2SC)CC1=O. The van der Waals surface area contributed by atoms with Crippen molar-refractivity contribution >= 4 is 23.6 Å². The smallest absolute Gasteiger partial charge is 0.225 e. The molecule has 1 aliphatic heterocycles. The monoisotopic (exact) mass is 284 g/mol. The summed E-state index contributed by atoms with van der Waals surface area (Å²) in [6, 6.07) is 0.294. The van der Waals surface area contributed by atoms with E-state index in [1.54, 1.807) is 4.90 Å². The summed E-state index contributed by atoms with van der Waals surface area (Å²) in [5, 5.41) is 3.73. The molecule has 0 aromatic carbocycles. The molecule has 3 atom stereocenters. The normalized spacial score (nSPS) is 31.6.